The molecule has 0 aliphatic carbocycles. The van der Waals surface area contributed by atoms with Gasteiger partial charge in [0.15, 0.2) is 0 Å². The number of hydrogen-bond acceptors (Lipinski definition) is 2. The third-order valence-corrected chi connectivity index (χ3v) is 3.66. The SMILES string of the molecule is CNC(c1cccc(C)c1)c1ccc(Br)cc1OC. The Morgan fingerprint density at radius 1 is 1.16 bits per heavy atom. The molecule has 0 aliphatic rings. The molecule has 0 spiro atoms. The molecule has 0 radical (unpaired) electrons. The molecule has 0 fully saturated rings. The number of rotatable bonds is 4. The predicted molar refractivity (Wildman–Crippen MR) is 82.8 cm³/mol. The van der Waals surface area contributed by atoms with Crippen molar-refractivity contribution >= 4 is 15.9 Å². The molecule has 0 amide bonds. The average molecular weight is 320 g/mol. The summed E-state index contributed by atoms with van der Waals surface area (Å²) in [5.41, 5.74) is 3.63. The Morgan fingerprint density at radius 3 is 2.58 bits per heavy atom. The van der Waals surface area contributed by atoms with Crippen LogP contribution in [0.2, 0.25) is 0 Å². The van der Waals surface area contributed by atoms with Gasteiger partial charge in [0.05, 0.1) is 13.2 Å². The topological polar surface area (TPSA) is 21.3 Å². The molecule has 1 atom stereocenters. The zero-order valence-corrected chi connectivity index (χ0v) is 13.0. The minimum absolute atomic E-state index is 0.128. The third-order valence-electron chi connectivity index (χ3n) is 3.17. The molecule has 2 aromatic rings. The normalized spacial score (nSPS) is 12.2. The Bertz CT molecular complexity index is 568. The summed E-state index contributed by atoms with van der Waals surface area (Å²) in [6.07, 6.45) is 0. The Hall–Kier alpha value is -1.32. The van der Waals surface area contributed by atoms with Crippen LogP contribution in [-0.4, -0.2) is 14.2 Å². The first-order valence-electron chi connectivity index (χ1n) is 6.23. The summed E-state index contributed by atoms with van der Waals surface area (Å²) in [4.78, 5) is 0. The van der Waals surface area contributed by atoms with Crippen LogP contribution in [0.4, 0.5) is 0 Å². The predicted octanol–water partition coefficient (Wildman–Crippen LogP) is 4.07. The quantitative estimate of drug-likeness (QED) is 0.917. The summed E-state index contributed by atoms with van der Waals surface area (Å²) in [5, 5.41) is 3.36. The highest BCUT2D eigenvalue weighted by Crippen LogP contribution is 2.32. The van der Waals surface area contributed by atoms with Gasteiger partial charge in [0.1, 0.15) is 5.75 Å². The van der Waals surface area contributed by atoms with Crippen LogP contribution in [0, 0.1) is 6.92 Å². The minimum atomic E-state index is 0.128. The van der Waals surface area contributed by atoms with Crippen molar-refractivity contribution in [3.05, 3.63) is 63.6 Å². The van der Waals surface area contributed by atoms with Crippen molar-refractivity contribution in [3.8, 4) is 5.75 Å². The second-order valence-corrected chi connectivity index (χ2v) is 5.44. The van der Waals surface area contributed by atoms with Crippen LogP contribution in [-0.2, 0) is 0 Å². The molecular formula is C16H18BrNO. The monoisotopic (exact) mass is 319 g/mol. The lowest BCUT2D eigenvalue weighted by Gasteiger charge is -2.20. The van der Waals surface area contributed by atoms with E-state index >= 15 is 0 Å². The Labute approximate surface area is 122 Å². The van der Waals surface area contributed by atoms with E-state index in [1.165, 1.54) is 11.1 Å². The maximum atomic E-state index is 5.49. The maximum Gasteiger partial charge on any atom is 0.125 e. The van der Waals surface area contributed by atoms with E-state index in [0.29, 0.717) is 0 Å². The van der Waals surface area contributed by atoms with Crippen LogP contribution in [0.25, 0.3) is 0 Å². The number of nitrogens with one attached hydrogen (secondary N) is 1. The van der Waals surface area contributed by atoms with Gasteiger partial charge in [0.2, 0.25) is 0 Å². The molecule has 2 rings (SSSR count). The molecule has 0 saturated heterocycles. The zero-order valence-electron chi connectivity index (χ0n) is 11.4. The lowest BCUT2D eigenvalue weighted by Crippen LogP contribution is -2.18. The molecule has 3 heteroatoms. The standard InChI is InChI=1S/C16H18BrNO/c1-11-5-4-6-12(9-11)16(18-2)14-8-7-13(17)10-15(14)19-3/h4-10,16,18H,1-3H3. The van der Waals surface area contributed by atoms with E-state index in [1.807, 2.05) is 19.2 Å². The number of hydrogen-bond donors (Lipinski definition) is 1. The molecule has 0 heterocycles. The molecule has 1 unspecified atom stereocenters. The molecule has 19 heavy (non-hydrogen) atoms. The number of ether oxygens (including phenoxy) is 1. The van der Waals surface area contributed by atoms with E-state index in [0.717, 1.165) is 15.8 Å². The van der Waals surface area contributed by atoms with Gasteiger partial charge >= 0.3 is 0 Å². The number of methoxy groups -OCH3 is 1. The first kappa shape index (κ1) is 14.1. The van der Waals surface area contributed by atoms with E-state index in [2.05, 4.69) is 58.5 Å². The number of aryl methyl sites for hydroxylation is 1. The molecule has 0 saturated carbocycles. The van der Waals surface area contributed by atoms with E-state index in [9.17, 15) is 0 Å². The second kappa shape index (κ2) is 6.22. The van der Waals surface area contributed by atoms with Crippen LogP contribution in [0.1, 0.15) is 22.7 Å². The highest BCUT2D eigenvalue weighted by atomic mass is 79.9. The Kier molecular flexibility index (Phi) is 4.61. The Balaban J connectivity index is 2.48. The third kappa shape index (κ3) is 3.17. The Morgan fingerprint density at radius 2 is 1.95 bits per heavy atom. The molecule has 1 N–H and O–H groups in total. The minimum Gasteiger partial charge on any atom is -0.496 e. The van der Waals surface area contributed by atoms with Gasteiger partial charge in [-0.05, 0) is 31.7 Å². The smallest absolute Gasteiger partial charge is 0.125 e. The van der Waals surface area contributed by atoms with E-state index in [4.69, 9.17) is 4.74 Å². The van der Waals surface area contributed by atoms with Gasteiger partial charge < -0.3 is 10.1 Å². The molecule has 2 aromatic carbocycles. The second-order valence-electron chi connectivity index (χ2n) is 4.52. The molecule has 2 nitrogen and oxygen atoms in total. The van der Waals surface area contributed by atoms with Crippen LogP contribution < -0.4 is 10.1 Å². The van der Waals surface area contributed by atoms with Crippen molar-refractivity contribution in [2.45, 2.75) is 13.0 Å². The fourth-order valence-electron chi connectivity index (χ4n) is 2.27. The van der Waals surface area contributed by atoms with Crippen molar-refractivity contribution in [3.63, 3.8) is 0 Å². The van der Waals surface area contributed by atoms with Gasteiger partial charge in [0, 0.05) is 10.0 Å². The first-order valence-corrected chi connectivity index (χ1v) is 7.02. The zero-order chi connectivity index (χ0) is 13.8. The highest BCUT2D eigenvalue weighted by molar-refractivity contribution is 9.10. The summed E-state index contributed by atoms with van der Waals surface area (Å²) in [6.45, 7) is 2.11. The van der Waals surface area contributed by atoms with Crippen LogP contribution in [0.3, 0.4) is 0 Å². The van der Waals surface area contributed by atoms with Gasteiger partial charge in [-0.2, -0.15) is 0 Å². The van der Waals surface area contributed by atoms with Gasteiger partial charge in [-0.15, -0.1) is 0 Å². The molecule has 100 valence electrons. The molecule has 0 bridgehead atoms. The van der Waals surface area contributed by atoms with Crippen molar-refractivity contribution in [2.75, 3.05) is 14.2 Å². The van der Waals surface area contributed by atoms with Gasteiger partial charge in [-0.3, -0.25) is 0 Å². The molecule has 0 aromatic heterocycles. The lowest BCUT2D eigenvalue weighted by molar-refractivity contribution is 0.405. The fraction of sp³-hybridized carbons (Fsp3) is 0.250. The van der Waals surface area contributed by atoms with Crippen LogP contribution >= 0.6 is 15.9 Å². The van der Waals surface area contributed by atoms with Gasteiger partial charge in [0.25, 0.3) is 0 Å². The van der Waals surface area contributed by atoms with Crippen molar-refractivity contribution in [1.29, 1.82) is 0 Å². The average Bonchev–Trinajstić information content (AvgIpc) is 2.41. The van der Waals surface area contributed by atoms with Crippen LogP contribution in [0.5, 0.6) is 5.75 Å². The van der Waals surface area contributed by atoms with Crippen molar-refractivity contribution in [2.24, 2.45) is 0 Å². The number of benzene rings is 2. The molecule has 0 aliphatic heterocycles. The summed E-state index contributed by atoms with van der Waals surface area (Å²) < 4.78 is 6.51. The van der Waals surface area contributed by atoms with Gasteiger partial charge in [-0.25, -0.2) is 0 Å². The van der Waals surface area contributed by atoms with E-state index in [-0.39, 0.29) is 6.04 Å². The van der Waals surface area contributed by atoms with Crippen molar-refractivity contribution < 1.29 is 4.74 Å². The lowest BCUT2D eigenvalue weighted by atomic mass is 9.97. The largest absolute Gasteiger partial charge is 0.496 e. The summed E-state index contributed by atoms with van der Waals surface area (Å²) in [7, 11) is 3.67. The number of halogens is 1. The van der Waals surface area contributed by atoms with Crippen LogP contribution in [0.15, 0.2) is 46.9 Å². The summed E-state index contributed by atoms with van der Waals surface area (Å²) in [6, 6.07) is 14.8. The first-order chi connectivity index (χ1) is 9.15. The van der Waals surface area contributed by atoms with E-state index in [1.54, 1.807) is 7.11 Å². The highest BCUT2D eigenvalue weighted by Gasteiger charge is 2.16. The summed E-state index contributed by atoms with van der Waals surface area (Å²) in [5.74, 6) is 0.884. The maximum absolute atomic E-state index is 5.49. The summed E-state index contributed by atoms with van der Waals surface area (Å²) >= 11 is 3.48. The fourth-order valence-corrected chi connectivity index (χ4v) is 2.61. The van der Waals surface area contributed by atoms with Crippen molar-refractivity contribution in [1.82, 2.24) is 5.32 Å². The van der Waals surface area contributed by atoms with E-state index < -0.39 is 0 Å². The molecular weight excluding hydrogens is 302 g/mol. The van der Waals surface area contributed by atoms with Gasteiger partial charge in [-0.1, -0.05) is 51.8 Å².